The van der Waals surface area contributed by atoms with Crippen LogP contribution in [-0.4, -0.2) is 14.9 Å². The van der Waals surface area contributed by atoms with Gasteiger partial charge >= 0.3 is 0 Å². The van der Waals surface area contributed by atoms with E-state index in [0.29, 0.717) is 11.6 Å². The summed E-state index contributed by atoms with van der Waals surface area (Å²) in [5, 5.41) is 17.6. The van der Waals surface area contributed by atoms with E-state index in [9.17, 15) is 5.11 Å². The molecule has 2 rings (SSSR count). The van der Waals surface area contributed by atoms with Gasteiger partial charge in [0.05, 0.1) is 16.4 Å². The van der Waals surface area contributed by atoms with Crippen molar-refractivity contribution in [1.82, 2.24) is 9.78 Å². The van der Waals surface area contributed by atoms with Gasteiger partial charge < -0.3 is 10.4 Å². The number of phenols is 1. The van der Waals surface area contributed by atoms with Gasteiger partial charge in [-0.15, -0.1) is 0 Å². The van der Waals surface area contributed by atoms with Crippen LogP contribution in [0.1, 0.15) is 11.3 Å². The first-order valence-corrected chi connectivity index (χ1v) is 5.66. The van der Waals surface area contributed by atoms with E-state index in [2.05, 4.69) is 10.4 Å². The number of para-hydroxylation sites is 1. The number of aromatic hydroxyl groups is 1. The molecular formula is C12H14ClN3O. The van der Waals surface area contributed by atoms with Crippen molar-refractivity contribution in [1.29, 1.82) is 0 Å². The minimum Gasteiger partial charge on any atom is -0.506 e. The van der Waals surface area contributed by atoms with Gasteiger partial charge in [-0.2, -0.15) is 5.10 Å². The standard InChI is InChI=1S/C12H14ClN3O/c1-8-11(7-16(2)15-8)14-6-9-4-3-5-10(13)12(9)17/h3-5,7,14,17H,6H2,1-2H3. The van der Waals surface area contributed by atoms with E-state index in [1.165, 1.54) is 0 Å². The van der Waals surface area contributed by atoms with Gasteiger partial charge in [-0.1, -0.05) is 23.7 Å². The quantitative estimate of drug-likeness (QED) is 0.882. The highest BCUT2D eigenvalue weighted by atomic mass is 35.5. The molecule has 90 valence electrons. The highest BCUT2D eigenvalue weighted by molar-refractivity contribution is 6.32. The summed E-state index contributed by atoms with van der Waals surface area (Å²) in [6.07, 6.45) is 1.90. The van der Waals surface area contributed by atoms with E-state index in [1.54, 1.807) is 10.7 Å². The summed E-state index contributed by atoms with van der Waals surface area (Å²) >= 11 is 5.84. The van der Waals surface area contributed by atoms with Gasteiger partial charge in [-0.25, -0.2) is 0 Å². The second-order valence-corrected chi connectivity index (χ2v) is 4.31. The zero-order valence-electron chi connectivity index (χ0n) is 9.74. The number of anilines is 1. The maximum Gasteiger partial charge on any atom is 0.139 e. The molecule has 0 amide bonds. The molecule has 2 aromatic rings. The molecule has 1 heterocycles. The first-order chi connectivity index (χ1) is 8.08. The predicted octanol–water partition coefficient (Wildman–Crippen LogP) is 2.70. The Kier molecular flexibility index (Phi) is 3.24. The van der Waals surface area contributed by atoms with Crippen LogP contribution in [0.15, 0.2) is 24.4 Å². The number of hydrogen-bond donors (Lipinski definition) is 2. The van der Waals surface area contributed by atoms with Crippen molar-refractivity contribution >= 4 is 17.3 Å². The largest absolute Gasteiger partial charge is 0.506 e. The van der Waals surface area contributed by atoms with E-state index in [4.69, 9.17) is 11.6 Å². The molecule has 0 bridgehead atoms. The molecule has 2 N–H and O–H groups in total. The van der Waals surface area contributed by atoms with Crippen molar-refractivity contribution in [3.05, 3.63) is 40.7 Å². The Labute approximate surface area is 105 Å². The minimum absolute atomic E-state index is 0.128. The average Bonchev–Trinajstić information content (AvgIpc) is 2.60. The monoisotopic (exact) mass is 251 g/mol. The number of aromatic nitrogens is 2. The lowest BCUT2D eigenvalue weighted by Crippen LogP contribution is -2.00. The third kappa shape index (κ3) is 2.53. The second-order valence-electron chi connectivity index (χ2n) is 3.90. The Morgan fingerprint density at radius 3 is 2.88 bits per heavy atom. The smallest absolute Gasteiger partial charge is 0.139 e. The van der Waals surface area contributed by atoms with E-state index in [-0.39, 0.29) is 5.75 Å². The fraction of sp³-hybridized carbons (Fsp3) is 0.250. The topological polar surface area (TPSA) is 50.1 Å². The number of rotatable bonds is 3. The molecule has 0 saturated carbocycles. The van der Waals surface area contributed by atoms with Gasteiger partial charge in [0.15, 0.2) is 0 Å². The lowest BCUT2D eigenvalue weighted by molar-refractivity contribution is 0.469. The van der Waals surface area contributed by atoms with Crippen molar-refractivity contribution in [3.63, 3.8) is 0 Å². The molecule has 0 fully saturated rings. The van der Waals surface area contributed by atoms with Crippen LogP contribution in [0.5, 0.6) is 5.75 Å². The number of benzene rings is 1. The summed E-state index contributed by atoms with van der Waals surface area (Å²) in [5.41, 5.74) is 2.64. The van der Waals surface area contributed by atoms with Crippen LogP contribution in [0.3, 0.4) is 0 Å². The second kappa shape index (κ2) is 4.67. The van der Waals surface area contributed by atoms with Gasteiger partial charge in [-0.3, -0.25) is 4.68 Å². The highest BCUT2D eigenvalue weighted by Gasteiger charge is 2.06. The normalized spacial score (nSPS) is 10.5. The first-order valence-electron chi connectivity index (χ1n) is 5.28. The van der Waals surface area contributed by atoms with Crippen molar-refractivity contribution in [2.45, 2.75) is 13.5 Å². The Bertz CT molecular complexity index is 537. The molecule has 1 aromatic carbocycles. The number of phenolic OH excluding ortho intramolecular Hbond substituents is 1. The van der Waals surface area contributed by atoms with Gasteiger partial charge in [-0.05, 0) is 13.0 Å². The summed E-state index contributed by atoms with van der Waals surface area (Å²) < 4.78 is 1.75. The molecule has 0 radical (unpaired) electrons. The lowest BCUT2D eigenvalue weighted by Gasteiger charge is -2.07. The van der Waals surface area contributed by atoms with Crippen LogP contribution < -0.4 is 5.32 Å². The molecule has 1 aromatic heterocycles. The lowest BCUT2D eigenvalue weighted by atomic mass is 10.2. The number of nitrogens with one attached hydrogen (secondary N) is 1. The van der Waals surface area contributed by atoms with Crippen molar-refractivity contribution in [2.75, 3.05) is 5.32 Å². The highest BCUT2D eigenvalue weighted by Crippen LogP contribution is 2.27. The number of aryl methyl sites for hydroxylation is 2. The summed E-state index contributed by atoms with van der Waals surface area (Å²) in [5.74, 6) is 0.128. The summed E-state index contributed by atoms with van der Waals surface area (Å²) in [4.78, 5) is 0. The Morgan fingerprint density at radius 2 is 2.24 bits per heavy atom. The molecule has 0 aliphatic rings. The summed E-state index contributed by atoms with van der Waals surface area (Å²) in [6.45, 7) is 2.44. The zero-order chi connectivity index (χ0) is 12.4. The van der Waals surface area contributed by atoms with E-state index in [1.807, 2.05) is 32.3 Å². The Morgan fingerprint density at radius 1 is 1.47 bits per heavy atom. The number of halogens is 1. The van der Waals surface area contributed by atoms with Crippen LogP contribution in [-0.2, 0) is 13.6 Å². The number of nitrogens with zero attached hydrogens (tertiary/aromatic N) is 2. The maximum atomic E-state index is 9.76. The molecule has 0 spiro atoms. The number of hydrogen-bond acceptors (Lipinski definition) is 3. The molecule has 5 heteroatoms. The van der Waals surface area contributed by atoms with Crippen molar-refractivity contribution in [2.24, 2.45) is 7.05 Å². The maximum absolute atomic E-state index is 9.76. The first kappa shape index (κ1) is 11.8. The minimum atomic E-state index is 0.128. The summed E-state index contributed by atoms with van der Waals surface area (Å²) in [7, 11) is 1.87. The molecule has 0 saturated heterocycles. The Hall–Kier alpha value is -1.68. The van der Waals surface area contributed by atoms with Crippen molar-refractivity contribution in [3.8, 4) is 5.75 Å². The average molecular weight is 252 g/mol. The van der Waals surface area contributed by atoms with Gasteiger partial charge in [0.2, 0.25) is 0 Å². The van der Waals surface area contributed by atoms with E-state index < -0.39 is 0 Å². The molecular weight excluding hydrogens is 238 g/mol. The third-order valence-electron chi connectivity index (χ3n) is 2.55. The fourth-order valence-corrected chi connectivity index (χ4v) is 1.86. The van der Waals surface area contributed by atoms with Gasteiger partial charge in [0.25, 0.3) is 0 Å². The van der Waals surface area contributed by atoms with Crippen LogP contribution in [0.2, 0.25) is 5.02 Å². The fourth-order valence-electron chi connectivity index (χ4n) is 1.67. The zero-order valence-corrected chi connectivity index (χ0v) is 10.5. The molecule has 0 aliphatic heterocycles. The molecule has 0 aliphatic carbocycles. The third-order valence-corrected chi connectivity index (χ3v) is 2.86. The van der Waals surface area contributed by atoms with Crippen LogP contribution in [0, 0.1) is 6.92 Å². The molecule has 17 heavy (non-hydrogen) atoms. The summed E-state index contributed by atoms with van der Waals surface area (Å²) in [6, 6.07) is 5.31. The SMILES string of the molecule is Cc1nn(C)cc1NCc1cccc(Cl)c1O. The van der Waals surface area contributed by atoms with E-state index >= 15 is 0 Å². The van der Waals surface area contributed by atoms with Gasteiger partial charge in [0.1, 0.15) is 5.75 Å². The van der Waals surface area contributed by atoms with E-state index in [0.717, 1.165) is 16.9 Å². The van der Waals surface area contributed by atoms with Crippen LogP contribution in [0.4, 0.5) is 5.69 Å². The van der Waals surface area contributed by atoms with Gasteiger partial charge in [0, 0.05) is 25.4 Å². The Balaban J connectivity index is 2.12. The van der Waals surface area contributed by atoms with Crippen LogP contribution >= 0.6 is 11.6 Å². The molecule has 0 unspecified atom stereocenters. The molecule has 4 nitrogen and oxygen atoms in total. The molecule has 0 atom stereocenters. The van der Waals surface area contributed by atoms with Crippen molar-refractivity contribution < 1.29 is 5.11 Å². The predicted molar refractivity (Wildman–Crippen MR) is 68.4 cm³/mol. The van der Waals surface area contributed by atoms with Crippen LogP contribution in [0.25, 0.3) is 0 Å².